The highest BCUT2D eigenvalue weighted by atomic mass is 32.2. The van der Waals surface area contributed by atoms with E-state index in [4.69, 9.17) is 4.74 Å². The van der Waals surface area contributed by atoms with E-state index in [1.165, 1.54) is 19.2 Å². The van der Waals surface area contributed by atoms with Gasteiger partial charge in [-0.3, -0.25) is 4.31 Å². The summed E-state index contributed by atoms with van der Waals surface area (Å²) in [5, 5.41) is 9.58. The third-order valence-electron chi connectivity index (χ3n) is 3.59. The summed E-state index contributed by atoms with van der Waals surface area (Å²) in [5.41, 5.74) is 0.716. The van der Waals surface area contributed by atoms with Gasteiger partial charge in [-0.2, -0.15) is 0 Å². The van der Waals surface area contributed by atoms with Crippen LogP contribution in [0.4, 0.5) is 10.1 Å². The molecule has 1 atom stereocenters. The zero-order valence-electron chi connectivity index (χ0n) is 13.7. The van der Waals surface area contributed by atoms with Gasteiger partial charge in [0.15, 0.2) is 0 Å². The average molecular weight is 367 g/mol. The minimum atomic E-state index is -3.90. The molecule has 2 aromatic rings. The normalized spacial score (nSPS) is 12.4. The number of carboxylic acid groups (broad SMARTS) is 1. The van der Waals surface area contributed by atoms with Crippen LogP contribution in [0.5, 0.6) is 5.75 Å². The molecule has 0 saturated heterocycles. The number of anilines is 1. The third-order valence-corrected chi connectivity index (χ3v) is 4.77. The molecule has 0 aliphatic heterocycles. The molecule has 1 unspecified atom stereocenters. The number of nitrogens with zero attached hydrogens (tertiary/aromatic N) is 1. The van der Waals surface area contributed by atoms with E-state index in [2.05, 4.69) is 0 Å². The standard InChI is InChI=1S/C17H18FNO5S/c1-24-15-9-3-12(4-10-15)11-16(17(20)21)19(25(2,22)23)14-7-5-13(18)6-8-14/h3-10,16H,11H2,1-2H3,(H,20,21). The molecule has 0 fully saturated rings. The Balaban J connectivity index is 2.42. The maximum Gasteiger partial charge on any atom is 0.327 e. The molecule has 2 aromatic carbocycles. The zero-order chi connectivity index (χ0) is 18.6. The van der Waals surface area contributed by atoms with Crippen molar-refractivity contribution in [2.24, 2.45) is 0 Å². The number of methoxy groups -OCH3 is 1. The van der Waals surface area contributed by atoms with Crippen molar-refractivity contribution >= 4 is 21.7 Å². The van der Waals surface area contributed by atoms with E-state index >= 15 is 0 Å². The molecule has 8 heteroatoms. The first kappa shape index (κ1) is 18.7. The van der Waals surface area contributed by atoms with Crippen molar-refractivity contribution < 1.29 is 27.4 Å². The maximum atomic E-state index is 13.1. The molecule has 6 nitrogen and oxygen atoms in total. The molecule has 134 valence electrons. The van der Waals surface area contributed by atoms with Crippen LogP contribution in [0.15, 0.2) is 48.5 Å². The van der Waals surface area contributed by atoms with Gasteiger partial charge in [0, 0.05) is 6.42 Å². The molecule has 25 heavy (non-hydrogen) atoms. The number of hydrogen-bond acceptors (Lipinski definition) is 4. The molecule has 2 rings (SSSR count). The van der Waals surface area contributed by atoms with Crippen LogP contribution in [0, 0.1) is 5.82 Å². The molecule has 0 aromatic heterocycles. The first-order valence-corrected chi connectivity index (χ1v) is 9.18. The summed E-state index contributed by atoms with van der Waals surface area (Å²) >= 11 is 0. The van der Waals surface area contributed by atoms with Crippen LogP contribution in [0.1, 0.15) is 5.56 Å². The topological polar surface area (TPSA) is 83.9 Å². The number of benzene rings is 2. The SMILES string of the molecule is COc1ccc(CC(C(=O)O)N(c2ccc(F)cc2)S(C)(=O)=O)cc1. The summed E-state index contributed by atoms with van der Waals surface area (Å²) in [6, 6.07) is 9.93. The molecule has 0 bridgehead atoms. The predicted molar refractivity (Wildman–Crippen MR) is 91.8 cm³/mol. The number of aliphatic carboxylic acids is 1. The molecule has 0 aliphatic rings. The van der Waals surface area contributed by atoms with E-state index in [9.17, 15) is 22.7 Å². The highest BCUT2D eigenvalue weighted by Gasteiger charge is 2.32. The van der Waals surface area contributed by atoms with Crippen LogP contribution in [0.3, 0.4) is 0 Å². The summed E-state index contributed by atoms with van der Waals surface area (Å²) in [4.78, 5) is 11.8. The number of sulfonamides is 1. The van der Waals surface area contributed by atoms with Crippen molar-refractivity contribution in [2.75, 3.05) is 17.7 Å². The molecule has 0 spiro atoms. The molecule has 0 amide bonds. The summed E-state index contributed by atoms with van der Waals surface area (Å²) in [7, 11) is -2.39. The van der Waals surface area contributed by atoms with Gasteiger partial charge in [0.2, 0.25) is 10.0 Å². The van der Waals surface area contributed by atoms with Gasteiger partial charge in [0.1, 0.15) is 17.6 Å². The molecule has 0 saturated carbocycles. The Bertz CT molecular complexity index is 834. The lowest BCUT2D eigenvalue weighted by Crippen LogP contribution is -2.46. The second-order valence-electron chi connectivity index (χ2n) is 5.44. The first-order chi connectivity index (χ1) is 11.7. The number of carbonyl (C=O) groups is 1. The van der Waals surface area contributed by atoms with Gasteiger partial charge in [0.25, 0.3) is 0 Å². The van der Waals surface area contributed by atoms with Crippen LogP contribution in [0.2, 0.25) is 0 Å². The second kappa shape index (κ2) is 7.52. The van der Waals surface area contributed by atoms with Crippen LogP contribution in [-0.4, -0.2) is 38.9 Å². The lowest BCUT2D eigenvalue weighted by atomic mass is 10.1. The lowest BCUT2D eigenvalue weighted by molar-refractivity contribution is -0.138. The summed E-state index contributed by atoms with van der Waals surface area (Å²) < 4.78 is 43.4. The minimum absolute atomic E-state index is 0.0518. The van der Waals surface area contributed by atoms with E-state index in [-0.39, 0.29) is 12.1 Å². The lowest BCUT2D eigenvalue weighted by Gasteiger charge is -2.29. The van der Waals surface area contributed by atoms with Crippen molar-refractivity contribution in [2.45, 2.75) is 12.5 Å². The second-order valence-corrected chi connectivity index (χ2v) is 7.30. The Labute approximate surface area is 145 Å². The van der Waals surface area contributed by atoms with Crippen LogP contribution in [-0.2, 0) is 21.2 Å². The van der Waals surface area contributed by atoms with Crippen molar-refractivity contribution in [3.63, 3.8) is 0 Å². The predicted octanol–water partition coefficient (Wildman–Crippen LogP) is 2.30. The maximum absolute atomic E-state index is 13.1. The van der Waals surface area contributed by atoms with Gasteiger partial charge in [-0.25, -0.2) is 17.6 Å². The third kappa shape index (κ3) is 4.69. The molecule has 0 radical (unpaired) electrons. The van der Waals surface area contributed by atoms with Crippen LogP contribution >= 0.6 is 0 Å². The highest BCUT2D eigenvalue weighted by Crippen LogP contribution is 2.24. The molecular weight excluding hydrogens is 349 g/mol. The fraction of sp³-hybridized carbons (Fsp3) is 0.235. The van der Waals surface area contributed by atoms with Crippen LogP contribution < -0.4 is 9.04 Å². The van der Waals surface area contributed by atoms with E-state index < -0.39 is 27.9 Å². The van der Waals surface area contributed by atoms with E-state index in [1.807, 2.05) is 0 Å². The monoisotopic (exact) mass is 367 g/mol. The van der Waals surface area contributed by atoms with Gasteiger partial charge in [-0.15, -0.1) is 0 Å². The van der Waals surface area contributed by atoms with Gasteiger partial charge in [-0.05, 0) is 42.0 Å². The molecule has 0 aliphatic carbocycles. The van der Waals surface area contributed by atoms with Crippen molar-refractivity contribution in [1.29, 1.82) is 0 Å². The number of carboxylic acids is 1. The van der Waals surface area contributed by atoms with E-state index in [1.54, 1.807) is 24.3 Å². The zero-order valence-corrected chi connectivity index (χ0v) is 14.5. The molecular formula is C17H18FNO5S. The Kier molecular flexibility index (Phi) is 5.63. The van der Waals surface area contributed by atoms with Gasteiger partial charge < -0.3 is 9.84 Å². The number of hydrogen-bond donors (Lipinski definition) is 1. The van der Waals surface area contributed by atoms with E-state index in [0.29, 0.717) is 11.3 Å². The van der Waals surface area contributed by atoms with Crippen molar-refractivity contribution in [3.8, 4) is 5.75 Å². The smallest absolute Gasteiger partial charge is 0.327 e. The summed E-state index contributed by atoms with van der Waals surface area (Å²) in [5.74, 6) is -1.24. The quantitative estimate of drug-likeness (QED) is 0.812. The van der Waals surface area contributed by atoms with Gasteiger partial charge in [0.05, 0.1) is 19.1 Å². The van der Waals surface area contributed by atoms with Gasteiger partial charge >= 0.3 is 5.97 Å². The number of halogens is 1. The van der Waals surface area contributed by atoms with Crippen molar-refractivity contribution in [1.82, 2.24) is 0 Å². The molecule has 1 N–H and O–H groups in total. The largest absolute Gasteiger partial charge is 0.497 e. The minimum Gasteiger partial charge on any atom is -0.497 e. The Hall–Kier alpha value is -2.61. The fourth-order valence-electron chi connectivity index (χ4n) is 2.45. The number of rotatable bonds is 7. The molecule has 0 heterocycles. The van der Waals surface area contributed by atoms with Gasteiger partial charge in [-0.1, -0.05) is 12.1 Å². The number of ether oxygens (including phenoxy) is 1. The first-order valence-electron chi connectivity index (χ1n) is 7.33. The average Bonchev–Trinajstić information content (AvgIpc) is 2.55. The summed E-state index contributed by atoms with van der Waals surface area (Å²) in [6.45, 7) is 0. The summed E-state index contributed by atoms with van der Waals surface area (Å²) in [6.07, 6.45) is 0.865. The van der Waals surface area contributed by atoms with Crippen molar-refractivity contribution in [3.05, 3.63) is 59.9 Å². The Morgan fingerprint density at radius 3 is 2.16 bits per heavy atom. The van der Waals surface area contributed by atoms with E-state index in [0.717, 1.165) is 22.7 Å². The fourth-order valence-corrected chi connectivity index (χ4v) is 3.58. The van der Waals surface area contributed by atoms with Crippen LogP contribution in [0.25, 0.3) is 0 Å². The highest BCUT2D eigenvalue weighted by molar-refractivity contribution is 7.92. The Morgan fingerprint density at radius 2 is 1.72 bits per heavy atom. The Morgan fingerprint density at radius 1 is 1.16 bits per heavy atom.